The van der Waals surface area contributed by atoms with Gasteiger partial charge in [-0.25, -0.2) is 5.01 Å². The van der Waals surface area contributed by atoms with Crippen molar-refractivity contribution >= 4 is 5.96 Å². The molecule has 1 aromatic heterocycles. The summed E-state index contributed by atoms with van der Waals surface area (Å²) in [6, 6.07) is 0. The predicted molar refractivity (Wildman–Crippen MR) is 58.1 cm³/mol. The second-order valence-corrected chi connectivity index (χ2v) is 3.26. The summed E-state index contributed by atoms with van der Waals surface area (Å²) >= 11 is 0. The second kappa shape index (κ2) is 5.30. The zero-order chi connectivity index (χ0) is 11.3. The van der Waals surface area contributed by atoms with Gasteiger partial charge in [0.05, 0.1) is 11.9 Å². The molecule has 7 heteroatoms. The molecule has 0 amide bonds. The van der Waals surface area contributed by atoms with E-state index < -0.39 is 0 Å². The lowest BCUT2D eigenvalue weighted by atomic mass is 10.2. The number of aromatic nitrogens is 3. The molecular weight excluding hydrogens is 194 g/mol. The Morgan fingerprint density at radius 2 is 2.33 bits per heavy atom. The number of nitrogens with zero attached hydrogens (tertiary/aromatic N) is 4. The Morgan fingerprint density at radius 3 is 2.93 bits per heavy atom. The van der Waals surface area contributed by atoms with E-state index in [1.54, 1.807) is 13.2 Å². The summed E-state index contributed by atoms with van der Waals surface area (Å²) in [7, 11) is 1.63. The van der Waals surface area contributed by atoms with Crippen LogP contribution in [-0.2, 0) is 6.42 Å². The molecule has 84 valence electrons. The van der Waals surface area contributed by atoms with Crippen molar-refractivity contribution in [3.05, 3.63) is 11.9 Å². The molecular formula is C8H17N7. The summed E-state index contributed by atoms with van der Waals surface area (Å²) in [6.07, 6.45) is 4.51. The summed E-state index contributed by atoms with van der Waals surface area (Å²) in [5.74, 6) is -0.0980. The third-order valence-electron chi connectivity index (χ3n) is 2.03. The van der Waals surface area contributed by atoms with Gasteiger partial charge in [0.2, 0.25) is 5.96 Å². The molecule has 0 aliphatic rings. The number of unbranched alkanes of at least 4 members (excludes halogenated alkanes) is 1. The number of hydrogen-bond acceptors (Lipinski definition) is 4. The van der Waals surface area contributed by atoms with Crippen LogP contribution in [0.15, 0.2) is 6.20 Å². The van der Waals surface area contributed by atoms with Gasteiger partial charge in [-0.15, -0.1) is 10.2 Å². The SMILES string of the molecule is CN(C(=N)N)n1ncc(CCCCN)n1. The molecule has 0 atom stereocenters. The Morgan fingerprint density at radius 1 is 1.60 bits per heavy atom. The average Bonchev–Trinajstić information content (AvgIpc) is 2.65. The van der Waals surface area contributed by atoms with Crippen molar-refractivity contribution in [3.8, 4) is 0 Å². The van der Waals surface area contributed by atoms with Crippen LogP contribution in [0.1, 0.15) is 18.5 Å². The summed E-state index contributed by atoms with van der Waals surface area (Å²) < 4.78 is 0. The van der Waals surface area contributed by atoms with E-state index in [4.69, 9.17) is 16.9 Å². The first-order chi connectivity index (χ1) is 7.15. The van der Waals surface area contributed by atoms with E-state index in [1.165, 1.54) is 9.91 Å². The Hall–Kier alpha value is -1.63. The third-order valence-corrected chi connectivity index (χ3v) is 2.03. The number of aryl methyl sites for hydroxylation is 1. The molecule has 0 bridgehead atoms. The molecule has 15 heavy (non-hydrogen) atoms. The maximum absolute atomic E-state index is 7.20. The van der Waals surface area contributed by atoms with Crippen LogP contribution >= 0.6 is 0 Å². The van der Waals surface area contributed by atoms with Crippen LogP contribution in [0.2, 0.25) is 0 Å². The van der Waals surface area contributed by atoms with Crippen LogP contribution in [0.4, 0.5) is 0 Å². The molecule has 5 N–H and O–H groups in total. The fraction of sp³-hybridized carbons (Fsp3) is 0.625. The lowest BCUT2D eigenvalue weighted by Gasteiger charge is -2.13. The van der Waals surface area contributed by atoms with E-state index in [-0.39, 0.29) is 5.96 Å². The van der Waals surface area contributed by atoms with E-state index in [9.17, 15) is 0 Å². The van der Waals surface area contributed by atoms with Gasteiger partial charge in [-0.3, -0.25) is 5.41 Å². The quantitative estimate of drug-likeness (QED) is 0.329. The molecule has 0 radical (unpaired) electrons. The van der Waals surface area contributed by atoms with Gasteiger partial charge in [-0.2, -0.15) is 0 Å². The van der Waals surface area contributed by atoms with Crippen molar-refractivity contribution in [2.45, 2.75) is 19.3 Å². The van der Waals surface area contributed by atoms with Crippen LogP contribution in [0.3, 0.4) is 0 Å². The number of rotatable bonds is 5. The highest BCUT2D eigenvalue weighted by molar-refractivity contribution is 5.83. The Kier molecular flexibility index (Phi) is 4.04. The Bertz CT molecular complexity index is 319. The van der Waals surface area contributed by atoms with Crippen molar-refractivity contribution in [3.63, 3.8) is 0 Å². The first-order valence-electron chi connectivity index (χ1n) is 4.84. The second-order valence-electron chi connectivity index (χ2n) is 3.26. The zero-order valence-electron chi connectivity index (χ0n) is 8.85. The van der Waals surface area contributed by atoms with Gasteiger partial charge in [0.25, 0.3) is 0 Å². The Labute approximate surface area is 88.5 Å². The fourth-order valence-corrected chi connectivity index (χ4v) is 1.09. The zero-order valence-corrected chi connectivity index (χ0v) is 8.85. The van der Waals surface area contributed by atoms with Gasteiger partial charge in [-0.05, 0) is 25.8 Å². The highest BCUT2D eigenvalue weighted by Crippen LogP contribution is 1.99. The molecule has 1 rings (SSSR count). The van der Waals surface area contributed by atoms with Crippen LogP contribution in [-0.4, -0.2) is 34.7 Å². The van der Waals surface area contributed by atoms with Crippen molar-refractivity contribution in [2.24, 2.45) is 11.5 Å². The lowest BCUT2D eigenvalue weighted by molar-refractivity contribution is 0.580. The molecule has 0 aliphatic carbocycles. The topological polar surface area (TPSA) is 110 Å². The van der Waals surface area contributed by atoms with Crippen LogP contribution in [0.5, 0.6) is 0 Å². The van der Waals surface area contributed by atoms with E-state index in [0.29, 0.717) is 6.54 Å². The summed E-state index contributed by atoms with van der Waals surface area (Å²) in [5, 5.41) is 16.7. The van der Waals surface area contributed by atoms with Crippen LogP contribution in [0, 0.1) is 5.41 Å². The van der Waals surface area contributed by atoms with E-state index in [1.807, 2.05) is 0 Å². The van der Waals surface area contributed by atoms with E-state index in [2.05, 4.69) is 10.2 Å². The molecule has 0 saturated heterocycles. The first-order valence-corrected chi connectivity index (χ1v) is 4.84. The van der Waals surface area contributed by atoms with E-state index in [0.717, 1.165) is 25.0 Å². The van der Waals surface area contributed by atoms with E-state index >= 15 is 0 Å². The predicted octanol–water partition coefficient (Wildman–Crippen LogP) is -0.979. The highest BCUT2D eigenvalue weighted by Gasteiger charge is 2.06. The van der Waals surface area contributed by atoms with Gasteiger partial charge in [0, 0.05) is 7.05 Å². The smallest absolute Gasteiger partial charge is 0.210 e. The lowest BCUT2D eigenvalue weighted by Crippen LogP contribution is -2.42. The number of nitrogens with two attached hydrogens (primary N) is 2. The summed E-state index contributed by atoms with van der Waals surface area (Å²) in [4.78, 5) is 1.31. The number of hydrogen-bond donors (Lipinski definition) is 3. The van der Waals surface area contributed by atoms with Crippen molar-refractivity contribution in [1.82, 2.24) is 15.1 Å². The monoisotopic (exact) mass is 211 g/mol. The number of nitrogens with one attached hydrogen (secondary N) is 1. The third kappa shape index (κ3) is 3.21. The highest BCUT2D eigenvalue weighted by atomic mass is 15.8. The van der Waals surface area contributed by atoms with Gasteiger partial charge in [-0.1, -0.05) is 4.91 Å². The van der Waals surface area contributed by atoms with Crippen molar-refractivity contribution < 1.29 is 0 Å². The molecule has 0 spiro atoms. The molecule has 0 unspecified atom stereocenters. The largest absolute Gasteiger partial charge is 0.368 e. The normalized spacial score (nSPS) is 10.3. The van der Waals surface area contributed by atoms with Gasteiger partial charge in [0.1, 0.15) is 0 Å². The van der Waals surface area contributed by atoms with Gasteiger partial charge in [0.15, 0.2) is 0 Å². The molecule has 7 nitrogen and oxygen atoms in total. The molecule has 1 aromatic rings. The minimum Gasteiger partial charge on any atom is -0.368 e. The Balaban J connectivity index is 2.52. The molecule has 0 fully saturated rings. The van der Waals surface area contributed by atoms with Crippen molar-refractivity contribution in [2.75, 3.05) is 18.6 Å². The van der Waals surface area contributed by atoms with Gasteiger partial charge >= 0.3 is 0 Å². The molecule has 1 heterocycles. The average molecular weight is 211 g/mol. The molecule has 0 aliphatic heterocycles. The maximum Gasteiger partial charge on any atom is 0.210 e. The van der Waals surface area contributed by atoms with Crippen LogP contribution < -0.4 is 16.5 Å². The minimum absolute atomic E-state index is 0.0980. The number of guanidine groups is 1. The van der Waals surface area contributed by atoms with Crippen LogP contribution in [0.25, 0.3) is 0 Å². The first kappa shape index (κ1) is 11.4. The maximum atomic E-state index is 7.20. The summed E-state index contributed by atoms with van der Waals surface area (Å²) in [5.41, 5.74) is 11.6. The fourth-order valence-electron chi connectivity index (χ4n) is 1.09. The summed E-state index contributed by atoms with van der Waals surface area (Å²) in [6.45, 7) is 0.696. The minimum atomic E-state index is -0.0980. The van der Waals surface area contributed by atoms with Gasteiger partial charge < -0.3 is 11.5 Å². The molecule has 0 aromatic carbocycles. The van der Waals surface area contributed by atoms with Crippen molar-refractivity contribution in [1.29, 1.82) is 5.41 Å². The standard InChI is InChI=1S/C8H17N7/c1-14(8(10)11)15-12-6-7(13-15)4-2-3-5-9/h6H,2-5,9H2,1H3,(H3,10,11). The molecule has 0 saturated carbocycles.